The number of pyridine rings is 1. The van der Waals surface area contributed by atoms with Crippen molar-refractivity contribution in [2.45, 2.75) is 5.75 Å². The van der Waals surface area contributed by atoms with Crippen molar-refractivity contribution in [3.05, 3.63) is 28.0 Å². The predicted molar refractivity (Wildman–Crippen MR) is 52.8 cm³/mol. The van der Waals surface area contributed by atoms with Gasteiger partial charge in [0.05, 0.1) is 15.8 Å². The Morgan fingerprint density at radius 1 is 1.31 bits per heavy atom. The van der Waals surface area contributed by atoms with Crippen LogP contribution < -0.4 is 0 Å². The summed E-state index contributed by atoms with van der Waals surface area (Å²) < 4.78 is 21.9. The molecule has 3 nitrogen and oxygen atoms in total. The van der Waals surface area contributed by atoms with E-state index in [2.05, 4.69) is 4.98 Å². The number of hydrogen-bond acceptors (Lipinski definition) is 3. The molecule has 72 valence electrons. The lowest BCUT2D eigenvalue weighted by Gasteiger charge is -2.03. The third-order valence-corrected chi connectivity index (χ3v) is 2.82. The van der Waals surface area contributed by atoms with Gasteiger partial charge in [-0.15, -0.1) is 0 Å². The van der Waals surface area contributed by atoms with Crippen LogP contribution in [-0.2, 0) is 15.6 Å². The molecule has 0 amide bonds. The Balaban J connectivity index is 3.15. The molecule has 1 aromatic heterocycles. The summed E-state index contributed by atoms with van der Waals surface area (Å²) in [6, 6.07) is 0. The number of rotatable bonds is 2. The number of nitrogens with zero attached hydrogens (tertiary/aromatic N) is 1. The minimum atomic E-state index is -3.12. The van der Waals surface area contributed by atoms with E-state index in [1.807, 2.05) is 0 Å². The van der Waals surface area contributed by atoms with Gasteiger partial charge in [0.1, 0.15) is 0 Å². The van der Waals surface area contributed by atoms with Crippen LogP contribution in [0.25, 0.3) is 0 Å². The average molecular weight is 240 g/mol. The molecule has 1 rings (SSSR count). The molecule has 0 atom stereocenters. The van der Waals surface area contributed by atoms with Gasteiger partial charge in [-0.05, 0) is 0 Å². The van der Waals surface area contributed by atoms with Crippen LogP contribution in [0.4, 0.5) is 0 Å². The Labute approximate surface area is 86.6 Å². The fraction of sp³-hybridized carbons (Fsp3) is 0.286. The third kappa shape index (κ3) is 3.14. The highest BCUT2D eigenvalue weighted by molar-refractivity contribution is 7.89. The van der Waals surface area contributed by atoms with Crippen LogP contribution in [0.3, 0.4) is 0 Å². The van der Waals surface area contributed by atoms with E-state index in [4.69, 9.17) is 23.2 Å². The zero-order valence-electron chi connectivity index (χ0n) is 6.79. The van der Waals surface area contributed by atoms with Crippen molar-refractivity contribution in [1.29, 1.82) is 0 Å². The van der Waals surface area contributed by atoms with Crippen LogP contribution in [0.2, 0.25) is 10.0 Å². The summed E-state index contributed by atoms with van der Waals surface area (Å²) in [5.41, 5.74) is 0.404. The summed E-state index contributed by atoms with van der Waals surface area (Å²) in [4.78, 5) is 3.72. The average Bonchev–Trinajstić information content (AvgIpc) is 1.95. The SMILES string of the molecule is CS(=O)(=O)Cc1c(Cl)cncc1Cl. The topological polar surface area (TPSA) is 47.0 Å². The zero-order chi connectivity index (χ0) is 10.1. The first-order valence-electron chi connectivity index (χ1n) is 3.36. The van der Waals surface area contributed by atoms with E-state index in [0.717, 1.165) is 6.26 Å². The molecule has 6 heteroatoms. The summed E-state index contributed by atoms with van der Waals surface area (Å²) in [7, 11) is -3.12. The summed E-state index contributed by atoms with van der Waals surface area (Å²) in [6.45, 7) is 0. The van der Waals surface area contributed by atoms with Gasteiger partial charge in [-0.1, -0.05) is 23.2 Å². The van der Waals surface area contributed by atoms with E-state index in [0.29, 0.717) is 5.56 Å². The minimum absolute atomic E-state index is 0.160. The highest BCUT2D eigenvalue weighted by Crippen LogP contribution is 2.24. The summed E-state index contributed by atoms with van der Waals surface area (Å²) in [5, 5.41) is 0.552. The maximum Gasteiger partial charge on any atom is 0.151 e. The molecule has 0 radical (unpaired) electrons. The van der Waals surface area contributed by atoms with Gasteiger partial charge in [0.15, 0.2) is 9.84 Å². The molecule has 0 aromatic carbocycles. The van der Waals surface area contributed by atoms with Crippen LogP contribution in [0.15, 0.2) is 12.4 Å². The molecule has 0 aliphatic rings. The van der Waals surface area contributed by atoms with E-state index in [-0.39, 0.29) is 15.8 Å². The molecule has 0 spiro atoms. The van der Waals surface area contributed by atoms with Gasteiger partial charge in [-0.2, -0.15) is 0 Å². The molecule has 0 saturated heterocycles. The zero-order valence-corrected chi connectivity index (χ0v) is 9.12. The highest BCUT2D eigenvalue weighted by atomic mass is 35.5. The number of hydrogen-bond donors (Lipinski definition) is 0. The smallest absolute Gasteiger partial charge is 0.151 e. The largest absolute Gasteiger partial charge is 0.262 e. The first-order chi connectivity index (χ1) is 5.90. The van der Waals surface area contributed by atoms with E-state index in [9.17, 15) is 8.42 Å². The van der Waals surface area contributed by atoms with Gasteiger partial charge >= 0.3 is 0 Å². The quantitative estimate of drug-likeness (QED) is 0.793. The predicted octanol–water partition coefficient (Wildman–Crippen LogP) is 1.93. The lowest BCUT2D eigenvalue weighted by Crippen LogP contribution is -2.02. The van der Waals surface area contributed by atoms with Crippen LogP contribution >= 0.6 is 23.2 Å². The normalized spacial score (nSPS) is 11.6. The van der Waals surface area contributed by atoms with Crippen LogP contribution in [0.1, 0.15) is 5.56 Å². The van der Waals surface area contributed by atoms with Crippen molar-refractivity contribution in [2.75, 3.05) is 6.26 Å². The first-order valence-corrected chi connectivity index (χ1v) is 6.17. The molecule has 0 fully saturated rings. The Morgan fingerprint density at radius 2 is 1.77 bits per heavy atom. The Morgan fingerprint density at radius 3 is 2.15 bits per heavy atom. The van der Waals surface area contributed by atoms with Crippen LogP contribution in [-0.4, -0.2) is 19.7 Å². The Hall–Kier alpha value is -0.320. The van der Waals surface area contributed by atoms with Gasteiger partial charge in [-0.3, -0.25) is 4.98 Å². The molecular formula is C7H7Cl2NO2S. The summed E-state index contributed by atoms with van der Waals surface area (Å²) in [5.74, 6) is -0.160. The van der Waals surface area contributed by atoms with E-state index >= 15 is 0 Å². The van der Waals surface area contributed by atoms with Crippen molar-refractivity contribution in [1.82, 2.24) is 4.98 Å². The monoisotopic (exact) mass is 239 g/mol. The minimum Gasteiger partial charge on any atom is -0.262 e. The van der Waals surface area contributed by atoms with Gasteiger partial charge in [-0.25, -0.2) is 8.42 Å². The van der Waals surface area contributed by atoms with Crippen molar-refractivity contribution in [2.24, 2.45) is 0 Å². The molecule has 0 aliphatic heterocycles. The number of sulfone groups is 1. The van der Waals surface area contributed by atoms with Gasteiger partial charge in [0, 0.05) is 24.2 Å². The van der Waals surface area contributed by atoms with Crippen molar-refractivity contribution < 1.29 is 8.42 Å². The summed E-state index contributed by atoms with van der Waals surface area (Å²) in [6.07, 6.45) is 3.86. The summed E-state index contributed by atoms with van der Waals surface area (Å²) >= 11 is 11.4. The first kappa shape index (κ1) is 10.8. The molecule has 0 bridgehead atoms. The lowest BCUT2D eigenvalue weighted by atomic mass is 10.3. The fourth-order valence-electron chi connectivity index (χ4n) is 0.838. The molecule has 0 unspecified atom stereocenters. The Bertz CT molecular complexity index is 396. The second-order valence-electron chi connectivity index (χ2n) is 2.65. The van der Waals surface area contributed by atoms with Gasteiger partial charge in [0.25, 0.3) is 0 Å². The van der Waals surface area contributed by atoms with E-state index in [1.165, 1.54) is 12.4 Å². The Kier molecular flexibility index (Phi) is 3.16. The number of halogens is 2. The molecular weight excluding hydrogens is 233 g/mol. The second kappa shape index (κ2) is 3.82. The standard InChI is InChI=1S/C7H7Cl2NO2S/c1-13(11,12)4-5-6(8)2-10-3-7(5)9/h2-3H,4H2,1H3. The van der Waals surface area contributed by atoms with Gasteiger partial charge < -0.3 is 0 Å². The molecule has 13 heavy (non-hydrogen) atoms. The van der Waals surface area contributed by atoms with Crippen molar-refractivity contribution in [3.63, 3.8) is 0 Å². The van der Waals surface area contributed by atoms with Crippen LogP contribution in [0.5, 0.6) is 0 Å². The van der Waals surface area contributed by atoms with E-state index in [1.54, 1.807) is 0 Å². The molecule has 0 saturated carbocycles. The maximum absolute atomic E-state index is 11.0. The fourth-order valence-corrected chi connectivity index (χ4v) is 2.33. The van der Waals surface area contributed by atoms with Crippen LogP contribution in [0, 0.1) is 0 Å². The lowest BCUT2D eigenvalue weighted by molar-refractivity contribution is 0.601. The molecule has 0 aliphatic carbocycles. The van der Waals surface area contributed by atoms with Crippen molar-refractivity contribution >= 4 is 33.0 Å². The molecule has 1 aromatic rings. The third-order valence-electron chi connectivity index (χ3n) is 1.36. The maximum atomic E-state index is 11.0. The van der Waals surface area contributed by atoms with Crippen molar-refractivity contribution in [3.8, 4) is 0 Å². The number of aromatic nitrogens is 1. The molecule has 1 heterocycles. The molecule has 0 N–H and O–H groups in total. The van der Waals surface area contributed by atoms with E-state index < -0.39 is 9.84 Å². The second-order valence-corrected chi connectivity index (χ2v) is 5.61. The highest BCUT2D eigenvalue weighted by Gasteiger charge is 2.11. The van der Waals surface area contributed by atoms with Gasteiger partial charge in [0.2, 0.25) is 0 Å².